The van der Waals surface area contributed by atoms with Crippen LogP contribution in [-0.2, 0) is 4.79 Å². The third kappa shape index (κ3) is 2.81. The highest BCUT2D eigenvalue weighted by Crippen LogP contribution is 2.44. The highest BCUT2D eigenvalue weighted by molar-refractivity contribution is 7.80. The number of halogens is 1. The van der Waals surface area contributed by atoms with E-state index in [2.05, 4.69) is 16.0 Å². The minimum absolute atomic E-state index is 0.160. The number of hydrogen-bond donors (Lipinski definition) is 3. The molecule has 0 saturated carbocycles. The number of carbonyl (C=O) groups excluding carboxylic acids is 1. The quantitative estimate of drug-likeness (QED) is 0.705. The largest absolute Gasteiger partial charge is 0.467 e. The molecule has 1 saturated heterocycles. The van der Waals surface area contributed by atoms with Gasteiger partial charge < -0.3 is 20.7 Å². The Morgan fingerprint density at radius 2 is 1.96 bits per heavy atom. The summed E-state index contributed by atoms with van der Waals surface area (Å²) in [5.74, 6) is 0.0737. The summed E-state index contributed by atoms with van der Waals surface area (Å²) in [5.41, 5.74) is 0.662. The van der Waals surface area contributed by atoms with Gasteiger partial charge in [-0.2, -0.15) is 0 Å². The molecule has 1 fully saturated rings. The molecule has 3 atom stereocenters. The summed E-state index contributed by atoms with van der Waals surface area (Å²) in [6.07, 6.45) is 0. The van der Waals surface area contributed by atoms with Gasteiger partial charge in [0.2, 0.25) is 5.91 Å². The van der Waals surface area contributed by atoms with Crippen molar-refractivity contribution in [3.8, 4) is 5.75 Å². The van der Waals surface area contributed by atoms with Gasteiger partial charge in [-0.05, 0) is 49.5 Å². The predicted octanol–water partition coefficient (Wildman–Crippen LogP) is 3.22. The van der Waals surface area contributed by atoms with Gasteiger partial charge >= 0.3 is 0 Å². The van der Waals surface area contributed by atoms with Gasteiger partial charge in [0.05, 0.1) is 6.04 Å². The molecular formula is C18H16ClN3O2S. The van der Waals surface area contributed by atoms with Crippen LogP contribution in [0.2, 0.25) is 5.02 Å². The summed E-state index contributed by atoms with van der Waals surface area (Å²) in [7, 11) is 0. The molecule has 0 aliphatic carbocycles. The molecule has 0 unspecified atom stereocenters. The van der Waals surface area contributed by atoms with E-state index in [1.54, 1.807) is 24.3 Å². The Balaban J connectivity index is 1.69. The maximum atomic E-state index is 13.0. The fourth-order valence-electron chi connectivity index (χ4n) is 3.44. The van der Waals surface area contributed by atoms with Crippen molar-refractivity contribution in [1.82, 2.24) is 10.6 Å². The lowest BCUT2D eigenvalue weighted by atomic mass is 9.80. The van der Waals surface area contributed by atoms with Gasteiger partial charge in [0.1, 0.15) is 11.7 Å². The van der Waals surface area contributed by atoms with E-state index in [9.17, 15) is 4.79 Å². The molecule has 0 spiro atoms. The highest BCUT2D eigenvalue weighted by atomic mass is 35.5. The van der Waals surface area contributed by atoms with Gasteiger partial charge in [0.15, 0.2) is 10.8 Å². The van der Waals surface area contributed by atoms with E-state index in [0.29, 0.717) is 15.8 Å². The van der Waals surface area contributed by atoms with Gasteiger partial charge in [-0.15, -0.1) is 0 Å². The molecule has 7 heteroatoms. The summed E-state index contributed by atoms with van der Waals surface area (Å²) in [6.45, 7) is 1.84. The summed E-state index contributed by atoms with van der Waals surface area (Å²) in [4.78, 5) is 13.0. The van der Waals surface area contributed by atoms with Crippen LogP contribution in [0.3, 0.4) is 0 Å². The average molecular weight is 374 g/mol. The minimum atomic E-state index is -0.933. The monoisotopic (exact) mass is 373 g/mol. The lowest BCUT2D eigenvalue weighted by Crippen LogP contribution is -2.70. The lowest BCUT2D eigenvalue weighted by Gasteiger charge is -2.50. The number of fused-ring (bicyclic) bond motifs is 4. The van der Waals surface area contributed by atoms with Crippen LogP contribution in [0.5, 0.6) is 5.75 Å². The Morgan fingerprint density at radius 1 is 1.24 bits per heavy atom. The third-order valence-corrected chi connectivity index (χ3v) is 5.02. The second kappa shape index (κ2) is 5.89. The number of ether oxygens (including phenoxy) is 1. The molecule has 2 aliphatic rings. The minimum Gasteiger partial charge on any atom is -0.467 e. The van der Waals surface area contributed by atoms with E-state index in [-0.39, 0.29) is 11.9 Å². The van der Waals surface area contributed by atoms with Crippen LogP contribution < -0.4 is 20.7 Å². The van der Waals surface area contributed by atoms with Crippen LogP contribution >= 0.6 is 23.8 Å². The number of anilines is 1. The zero-order chi connectivity index (χ0) is 17.6. The molecule has 128 valence electrons. The molecule has 2 bridgehead atoms. The number of thiocarbonyl (C=S) groups is 1. The zero-order valence-corrected chi connectivity index (χ0v) is 14.9. The van der Waals surface area contributed by atoms with Crippen LogP contribution in [-0.4, -0.2) is 16.7 Å². The van der Waals surface area contributed by atoms with E-state index >= 15 is 0 Å². The first-order valence-electron chi connectivity index (χ1n) is 7.89. The van der Waals surface area contributed by atoms with Crippen LogP contribution in [0.25, 0.3) is 0 Å². The number of benzene rings is 2. The fourth-order valence-corrected chi connectivity index (χ4v) is 3.90. The lowest BCUT2D eigenvalue weighted by molar-refractivity contribution is -0.132. The first-order valence-corrected chi connectivity index (χ1v) is 8.68. The van der Waals surface area contributed by atoms with Crippen molar-refractivity contribution in [2.75, 3.05) is 5.32 Å². The van der Waals surface area contributed by atoms with Crippen molar-refractivity contribution in [2.45, 2.75) is 18.7 Å². The van der Waals surface area contributed by atoms with Crippen molar-refractivity contribution in [2.24, 2.45) is 5.92 Å². The number of carbonyl (C=O) groups is 1. The van der Waals surface area contributed by atoms with Crippen molar-refractivity contribution >= 4 is 40.5 Å². The number of nitrogens with one attached hydrogen (secondary N) is 3. The fraction of sp³-hybridized carbons (Fsp3) is 0.222. The second-order valence-corrected chi connectivity index (χ2v) is 7.14. The molecule has 2 aliphatic heterocycles. The Morgan fingerprint density at radius 3 is 2.72 bits per heavy atom. The molecule has 0 aromatic heterocycles. The van der Waals surface area contributed by atoms with Gasteiger partial charge in [-0.3, -0.25) is 4.79 Å². The first-order chi connectivity index (χ1) is 12.0. The van der Waals surface area contributed by atoms with Crippen LogP contribution in [0.4, 0.5) is 5.69 Å². The maximum absolute atomic E-state index is 13.0. The Kier molecular flexibility index (Phi) is 3.81. The summed E-state index contributed by atoms with van der Waals surface area (Å²) >= 11 is 11.2. The van der Waals surface area contributed by atoms with E-state index in [1.807, 2.05) is 31.2 Å². The number of hydrogen-bond acceptors (Lipinski definition) is 3. The predicted molar refractivity (Wildman–Crippen MR) is 101 cm³/mol. The molecule has 2 aromatic rings. The smallest absolute Gasteiger partial charge is 0.236 e. The topological polar surface area (TPSA) is 62.4 Å². The molecule has 0 radical (unpaired) electrons. The second-order valence-electron chi connectivity index (χ2n) is 6.30. The van der Waals surface area contributed by atoms with Crippen molar-refractivity contribution in [1.29, 1.82) is 0 Å². The van der Waals surface area contributed by atoms with Crippen LogP contribution in [0, 0.1) is 5.92 Å². The third-order valence-electron chi connectivity index (χ3n) is 4.55. The molecule has 1 amide bonds. The maximum Gasteiger partial charge on any atom is 0.236 e. The molecule has 2 heterocycles. The summed E-state index contributed by atoms with van der Waals surface area (Å²) < 4.78 is 6.13. The normalized spacial score (nSPS) is 26.6. The van der Waals surface area contributed by atoms with Crippen molar-refractivity contribution < 1.29 is 9.53 Å². The van der Waals surface area contributed by atoms with Crippen LogP contribution in [0.1, 0.15) is 18.5 Å². The van der Waals surface area contributed by atoms with Gasteiger partial charge in [0, 0.05) is 16.3 Å². The van der Waals surface area contributed by atoms with E-state index < -0.39 is 11.6 Å². The van der Waals surface area contributed by atoms with Gasteiger partial charge in [-0.1, -0.05) is 29.8 Å². The molecule has 3 N–H and O–H groups in total. The highest BCUT2D eigenvalue weighted by Gasteiger charge is 2.54. The Bertz CT molecular complexity index is 858. The van der Waals surface area contributed by atoms with E-state index in [0.717, 1.165) is 11.3 Å². The van der Waals surface area contributed by atoms with E-state index in [1.165, 1.54) is 0 Å². The first kappa shape index (κ1) is 16.2. The van der Waals surface area contributed by atoms with Gasteiger partial charge in [-0.25, -0.2) is 0 Å². The van der Waals surface area contributed by atoms with Crippen molar-refractivity contribution in [3.63, 3.8) is 0 Å². The van der Waals surface area contributed by atoms with Gasteiger partial charge in [0.25, 0.3) is 0 Å². The summed E-state index contributed by atoms with van der Waals surface area (Å²) in [6, 6.07) is 14.4. The number of amides is 1. The Hall–Kier alpha value is -2.31. The molecular weight excluding hydrogens is 358 g/mol. The zero-order valence-electron chi connectivity index (χ0n) is 13.4. The van der Waals surface area contributed by atoms with E-state index in [4.69, 9.17) is 28.6 Å². The Labute approximate surface area is 155 Å². The average Bonchev–Trinajstić information content (AvgIpc) is 2.55. The SMILES string of the molecule is C[C@@]12NC(=S)N[C@H](c3ccccc3O1)[C@@H]2C(=O)Nc1ccc(Cl)cc1. The molecule has 2 aromatic carbocycles. The van der Waals surface area contributed by atoms with Crippen LogP contribution in [0.15, 0.2) is 48.5 Å². The number of para-hydroxylation sites is 1. The van der Waals surface area contributed by atoms with Crippen molar-refractivity contribution in [3.05, 3.63) is 59.1 Å². The molecule has 25 heavy (non-hydrogen) atoms. The standard InChI is InChI=1S/C18H16ClN3O2S/c1-18-14(16(23)20-11-8-6-10(19)7-9-11)15(21-17(25)22-18)12-4-2-3-5-13(12)24-18/h2-9,14-15H,1H3,(H,20,23)(H2,21,22,25)/t14-,15-,18-/m1/s1. The summed E-state index contributed by atoms with van der Waals surface area (Å²) in [5, 5.41) is 10.3. The molecule has 4 rings (SSSR count). The molecule has 5 nitrogen and oxygen atoms in total. The number of rotatable bonds is 2.